The molecule has 3 aromatic carbocycles. The molecule has 0 fully saturated rings. The van der Waals surface area contributed by atoms with Gasteiger partial charge in [0.05, 0.1) is 40.5 Å². The Labute approximate surface area is 175 Å². The molecule has 0 unspecified atom stereocenters. The first-order valence-corrected chi connectivity index (χ1v) is 9.02. The van der Waals surface area contributed by atoms with Crippen molar-refractivity contribution in [1.29, 1.82) is 0 Å². The number of anilines is 1. The van der Waals surface area contributed by atoms with Gasteiger partial charge in [0.15, 0.2) is 0 Å². The van der Waals surface area contributed by atoms with E-state index < -0.39 is 22.7 Å². The predicted octanol–water partition coefficient (Wildman–Crippen LogP) is 3.97. The smallest absolute Gasteiger partial charge is 0.337 e. The maximum atomic E-state index is 12.9. The molecule has 0 aromatic heterocycles. The summed E-state index contributed by atoms with van der Waals surface area (Å²) in [5.74, 6) is -1.11. The van der Waals surface area contributed by atoms with Gasteiger partial charge in [-0.15, -0.1) is 0 Å². The number of carbonyl (C=O) groups excluding carboxylic acids is 3. The monoisotopic (exact) mass is 418 g/mol. The van der Waals surface area contributed by atoms with Crippen molar-refractivity contribution in [2.75, 3.05) is 12.0 Å². The molecule has 0 aliphatic carbocycles. The highest BCUT2D eigenvalue weighted by molar-refractivity contribution is 6.34. The van der Waals surface area contributed by atoms with Crippen molar-refractivity contribution < 1.29 is 28.8 Å². The summed E-state index contributed by atoms with van der Waals surface area (Å²) >= 11 is 0. The van der Waals surface area contributed by atoms with Gasteiger partial charge in [-0.1, -0.05) is 6.07 Å². The Hall–Kier alpha value is -4.53. The number of rotatable bonds is 5. The average Bonchev–Trinajstić information content (AvgIpc) is 3.03. The molecule has 1 heterocycles. The van der Waals surface area contributed by atoms with E-state index >= 15 is 0 Å². The number of hydrogen-bond acceptors (Lipinski definition) is 7. The van der Waals surface area contributed by atoms with Gasteiger partial charge in [-0.3, -0.25) is 19.7 Å². The number of carbonyl (C=O) groups is 3. The molecule has 0 N–H and O–H groups in total. The number of imide groups is 1. The maximum Gasteiger partial charge on any atom is 0.337 e. The highest BCUT2D eigenvalue weighted by Crippen LogP contribution is 2.33. The van der Waals surface area contributed by atoms with Gasteiger partial charge in [0.2, 0.25) is 0 Å². The van der Waals surface area contributed by atoms with Crippen LogP contribution >= 0.6 is 0 Å². The summed E-state index contributed by atoms with van der Waals surface area (Å²) in [5, 5.41) is 10.9. The van der Waals surface area contributed by atoms with E-state index in [1.54, 1.807) is 6.07 Å². The van der Waals surface area contributed by atoms with Crippen molar-refractivity contribution in [2.24, 2.45) is 0 Å². The van der Waals surface area contributed by atoms with Crippen LogP contribution in [0.4, 0.5) is 11.4 Å². The minimum absolute atomic E-state index is 0.133. The summed E-state index contributed by atoms with van der Waals surface area (Å²) in [6.07, 6.45) is 0. The molecule has 1 aliphatic heterocycles. The fraction of sp³-hybridized carbons (Fsp3) is 0.0455. The summed E-state index contributed by atoms with van der Waals surface area (Å²) in [5.41, 5.74) is 0.806. The van der Waals surface area contributed by atoms with Crippen LogP contribution in [0.5, 0.6) is 11.5 Å². The van der Waals surface area contributed by atoms with Gasteiger partial charge in [0, 0.05) is 6.07 Å². The van der Waals surface area contributed by atoms with Crippen LogP contribution in [0.2, 0.25) is 0 Å². The molecule has 0 bridgehead atoms. The van der Waals surface area contributed by atoms with E-state index in [1.165, 1.54) is 67.8 Å². The van der Waals surface area contributed by atoms with Crippen molar-refractivity contribution in [3.05, 3.63) is 93.5 Å². The third kappa shape index (κ3) is 3.60. The van der Waals surface area contributed by atoms with E-state index in [1.807, 2.05) is 0 Å². The standard InChI is InChI=1S/C22H14N2O7/c1-30-22(27)13-5-7-14(8-6-13)23-20(25)18-10-9-17(12-19(18)21(23)26)31-16-4-2-3-15(11-16)24(28)29/h2-12H,1H3. The first kappa shape index (κ1) is 19.8. The number of non-ortho nitro benzene ring substituents is 1. The number of amides is 2. The molecule has 154 valence electrons. The molecule has 9 heteroatoms. The lowest BCUT2D eigenvalue weighted by atomic mass is 10.1. The van der Waals surface area contributed by atoms with Crippen LogP contribution in [0.1, 0.15) is 31.1 Å². The van der Waals surface area contributed by atoms with Crippen molar-refractivity contribution in [1.82, 2.24) is 0 Å². The molecule has 1 aliphatic rings. The van der Waals surface area contributed by atoms with E-state index in [-0.39, 0.29) is 33.9 Å². The largest absolute Gasteiger partial charge is 0.465 e. The molecule has 0 saturated carbocycles. The van der Waals surface area contributed by atoms with E-state index in [9.17, 15) is 24.5 Å². The van der Waals surface area contributed by atoms with Crippen molar-refractivity contribution in [3.8, 4) is 11.5 Å². The Balaban J connectivity index is 1.61. The van der Waals surface area contributed by atoms with Gasteiger partial charge in [-0.2, -0.15) is 0 Å². The Morgan fingerprint density at radius 3 is 2.26 bits per heavy atom. The maximum absolute atomic E-state index is 12.9. The molecule has 0 spiro atoms. The molecule has 0 saturated heterocycles. The summed E-state index contributed by atoms with van der Waals surface area (Å²) in [6, 6.07) is 15.9. The lowest BCUT2D eigenvalue weighted by Gasteiger charge is -2.14. The zero-order valence-corrected chi connectivity index (χ0v) is 16.1. The normalized spacial score (nSPS) is 12.5. The number of fused-ring (bicyclic) bond motifs is 1. The fourth-order valence-corrected chi connectivity index (χ4v) is 3.18. The summed E-state index contributed by atoms with van der Waals surface area (Å²) in [6.45, 7) is 0. The molecular formula is C22H14N2O7. The third-order valence-corrected chi connectivity index (χ3v) is 4.67. The number of nitro benzene ring substituents is 1. The second-order valence-corrected chi connectivity index (χ2v) is 6.55. The van der Waals surface area contributed by atoms with Crippen molar-refractivity contribution >= 4 is 29.2 Å². The van der Waals surface area contributed by atoms with Gasteiger partial charge < -0.3 is 9.47 Å². The van der Waals surface area contributed by atoms with Crippen LogP contribution in [-0.2, 0) is 4.74 Å². The number of methoxy groups -OCH3 is 1. The Morgan fingerprint density at radius 1 is 0.903 bits per heavy atom. The molecular weight excluding hydrogens is 404 g/mol. The van der Waals surface area contributed by atoms with Crippen LogP contribution in [0.25, 0.3) is 0 Å². The van der Waals surface area contributed by atoms with Gasteiger partial charge in [-0.25, -0.2) is 9.69 Å². The fourth-order valence-electron chi connectivity index (χ4n) is 3.18. The van der Waals surface area contributed by atoms with Gasteiger partial charge >= 0.3 is 5.97 Å². The molecule has 9 nitrogen and oxygen atoms in total. The zero-order chi connectivity index (χ0) is 22.1. The summed E-state index contributed by atoms with van der Waals surface area (Å²) < 4.78 is 10.3. The number of esters is 1. The highest BCUT2D eigenvalue weighted by atomic mass is 16.6. The van der Waals surface area contributed by atoms with Gasteiger partial charge in [0.1, 0.15) is 11.5 Å². The number of benzene rings is 3. The first-order valence-electron chi connectivity index (χ1n) is 9.02. The van der Waals surface area contributed by atoms with E-state index in [0.29, 0.717) is 5.69 Å². The number of nitro groups is 1. The third-order valence-electron chi connectivity index (χ3n) is 4.67. The van der Waals surface area contributed by atoms with Crippen molar-refractivity contribution in [3.63, 3.8) is 0 Å². The van der Waals surface area contributed by atoms with Crippen LogP contribution in [0.3, 0.4) is 0 Å². The molecule has 31 heavy (non-hydrogen) atoms. The van der Waals surface area contributed by atoms with Crippen LogP contribution < -0.4 is 9.64 Å². The second-order valence-electron chi connectivity index (χ2n) is 6.55. The van der Waals surface area contributed by atoms with Gasteiger partial charge in [-0.05, 0) is 48.5 Å². The first-order chi connectivity index (χ1) is 14.9. The minimum Gasteiger partial charge on any atom is -0.465 e. The van der Waals surface area contributed by atoms with Gasteiger partial charge in [0.25, 0.3) is 17.5 Å². The second kappa shape index (κ2) is 7.71. The predicted molar refractivity (Wildman–Crippen MR) is 109 cm³/mol. The van der Waals surface area contributed by atoms with E-state index in [0.717, 1.165) is 4.90 Å². The Bertz CT molecular complexity index is 1230. The minimum atomic E-state index is -0.546. The molecule has 0 radical (unpaired) electrons. The SMILES string of the molecule is COC(=O)c1ccc(N2C(=O)c3ccc(Oc4cccc([N+](=O)[O-])c4)cc3C2=O)cc1. The molecule has 4 rings (SSSR count). The van der Waals surface area contributed by atoms with E-state index in [4.69, 9.17) is 4.74 Å². The Morgan fingerprint density at radius 2 is 1.58 bits per heavy atom. The molecule has 2 amide bonds. The van der Waals surface area contributed by atoms with Crippen LogP contribution in [0.15, 0.2) is 66.7 Å². The lowest BCUT2D eigenvalue weighted by Crippen LogP contribution is -2.29. The lowest BCUT2D eigenvalue weighted by molar-refractivity contribution is -0.384. The summed E-state index contributed by atoms with van der Waals surface area (Å²) in [4.78, 5) is 48.6. The zero-order valence-electron chi connectivity index (χ0n) is 16.1. The van der Waals surface area contributed by atoms with E-state index in [2.05, 4.69) is 4.74 Å². The average molecular weight is 418 g/mol. The number of hydrogen-bond donors (Lipinski definition) is 0. The molecule has 0 atom stereocenters. The highest BCUT2D eigenvalue weighted by Gasteiger charge is 2.37. The van der Waals surface area contributed by atoms with Crippen LogP contribution in [-0.4, -0.2) is 29.8 Å². The number of nitrogens with zero attached hydrogens (tertiary/aromatic N) is 2. The van der Waals surface area contributed by atoms with Crippen molar-refractivity contribution in [2.45, 2.75) is 0 Å². The quantitative estimate of drug-likeness (QED) is 0.266. The molecule has 3 aromatic rings. The van der Waals surface area contributed by atoms with Crippen LogP contribution in [0, 0.1) is 10.1 Å². The number of ether oxygens (including phenoxy) is 2. The summed E-state index contributed by atoms with van der Waals surface area (Å²) in [7, 11) is 1.26. The topological polar surface area (TPSA) is 116 Å². The Kier molecular flexibility index (Phi) is 4.92.